The van der Waals surface area contributed by atoms with Crippen LogP contribution in [-0.4, -0.2) is 29.7 Å². The van der Waals surface area contributed by atoms with Gasteiger partial charge in [0.05, 0.1) is 0 Å². The average molecular weight is 264 g/mol. The molecular formula is C16H24O3. The zero-order valence-electron chi connectivity index (χ0n) is 12.5. The number of ketones is 1. The molecule has 0 saturated carbocycles. The topological polar surface area (TPSA) is 46.5 Å². The van der Waals surface area contributed by atoms with Crippen molar-refractivity contribution in [1.82, 2.24) is 0 Å². The molecular weight excluding hydrogens is 240 g/mol. The first-order chi connectivity index (χ1) is 8.67. The number of rotatable bonds is 4. The average Bonchev–Trinajstić information content (AvgIpc) is 2.35. The summed E-state index contributed by atoms with van der Waals surface area (Å²) in [5, 5.41) is 9.77. The summed E-state index contributed by atoms with van der Waals surface area (Å²) in [6.45, 7) is 11.5. The Kier molecular flexibility index (Phi) is 4.54. The largest absolute Gasteiger partial charge is 0.385 e. The lowest BCUT2D eigenvalue weighted by molar-refractivity contribution is -0.125. The van der Waals surface area contributed by atoms with Crippen LogP contribution in [0.4, 0.5) is 0 Å². The first-order valence-electron chi connectivity index (χ1n) is 6.48. The summed E-state index contributed by atoms with van der Waals surface area (Å²) in [6, 6.07) is 0. The number of Topliss-reactive ketones (excluding diaryl/α,β-unsaturated/α-hetero) is 1. The number of ether oxygens (including phenoxy) is 1. The number of aliphatic hydroxyl groups excluding tert-OH is 1. The normalized spacial score (nSPS) is 26.6. The Hall–Kier alpha value is -1.19. The third kappa shape index (κ3) is 3.23. The van der Waals surface area contributed by atoms with Crippen LogP contribution in [0.15, 0.2) is 36.0 Å². The van der Waals surface area contributed by atoms with Crippen molar-refractivity contribution in [3.05, 3.63) is 36.0 Å². The highest BCUT2D eigenvalue weighted by Gasteiger charge is 2.36. The SMILES string of the molecule is C=CC(C)(/C=C/C1=C(C)C(=O)C(O)CC1(C)C)OC. The van der Waals surface area contributed by atoms with E-state index in [2.05, 4.69) is 6.58 Å². The van der Waals surface area contributed by atoms with Gasteiger partial charge in [0.25, 0.3) is 0 Å². The standard InChI is InChI=1S/C16H24O3/c1-7-16(5,19-6)9-8-12-11(2)14(18)13(17)10-15(12,3)4/h7-9,13,17H,1,10H2,2-6H3/b9-8+. The van der Waals surface area contributed by atoms with Crippen LogP contribution in [0.3, 0.4) is 0 Å². The summed E-state index contributed by atoms with van der Waals surface area (Å²) < 4.78 is 5.37. The zero-order chi connectivity index (χ0) is 14.8. The minimum atomic E-state index is -0.889. The van der Waals surface area contributed by atoms with E-state index in [9.17, 15) is 9.90 Å². The number of hydrogen-bond donors (Lipinski definition) is 1. The highest BCUT2D eigenvalue weighted by Crippen LogP contribution is 2.39. The lowest BCUT2D eigenvalue weighted by atomic mass is 9.71. The molecule has 0 radical (unpaired) electrons. The number of methoxy groups -OCH3 is 1. The van der Waals surface area contributed by atoms with Crippen LogP contribution in [0, 0.1) is 5.41 Å². The van der Waals surface area contributed by atoms with E-state index in [4.69, 9.17) is 4.74 Å². The number of hydrogen-bond acceptors (Lipinski definition) is 3. The summed E-state index contributed by atoms with van der Waals surface area (Å²) >= 11 is 0. The smallest absolute Gasteiger partial charge is 0.187 e. The van der Waals surface area contributed by atoms with Gasteiger partial charge in [0.2, 0.25) is 0 Å². The highest BCUT2D eigenvalue weighted by atomic mass is 16.5. The number of aliphatic hydroxyl groups is 1. The molecule has 0 bridgehead atoms. The maximum atomic E-state index is 11.9. The molecule has 0 amide bonds. The Morgan fingerprint density at radius 2 is 2.11 bits per heavy atom. The lowest BCUT2D eigenvalue weighted by Gasteiger charge is -2.35. The summed E-state index contributed by atoms with van der Waals surface area (Å²) in [4.78, 5) is 11.9. The van der Waals surface area contributed by atoms with E-state index >= 15 is 0 Å². The van der Waals surface area contributed by atoms with Gasteiger partial charge >= 0.3 is 0 Å². The maximum Gasteiger partial charge on any atom is 0.187 e. The van der Waals surface area contributed by atoms with Gasteiger partial charge in [-0.3, -0.25) is 4.79 Å². The van der Waals surface area contributed by atoms with Gasteiger partial charge in [-0.1, -0.05) is 32.6 Å². The van der Waals surface area contributed by atoms with Crippen LogP contribution < -0.4 is 0 Å². The van der Waals surface area contributed by atoms with Crippen molar-refractivity contribution in [3.8, 4) is 0 Å². The van der Waals surface area contributed by atoms with Crippen LogP contribution in [0.2, 0.25) is 0 Å². The molecule has 2 unspecified atom stereocenters. The van der Waals surface area contributed by atoms with Gasteiger partial charge in [0, 0.05) is 7.11 Å². The molecule has 0 aromatic rings. The van der Waals surface area contributed by atoms with E-state index in [0.29, 0.717) is 12.0 Å². The summed E-state index contributed by atoms with van der Waals surface area (Å²) in [5.41, 5.74) is 0.794. The van der Waals surface area contributed by atoms with Crippen molar-refractivity contribution in [1.29, 1.82) is 0 Å². The fourth-order valence-electron chi connectivity index (χ4n) is 2.40. The molecule has 0 fully saturated rings. The van der Waals surface area contributed by atoms with E-state index in [0.717, 1.165) is 5.57 Å². The van der Waals surface area contributed by atoms with Crippen LogP contribution in [-0.2, 0) is 9.53 Å². The molecule has 106 valence electrons. The summed E-state index contributed by atoms with van der Waals surface area (Å²) in [7, 11) is 1.62. The first-order valence-corrected chi connectivity index (χ1v) is 6.48. The van der Waals surface area contributed by atoms with Gasteiger partial charge in [-0.25, -0.2) is 0 Å². The molecule has 19 heavy (non-hydrogen) atoms. The van der Waals surface area contributed by atoms with Crippen LogP contribution >= 0.6 is 0 Å². The molecule has 1 aliphatic rings. The van der Waals surface area contributed by atoms with Crippen LogP contribution in [0.25, 0.3) is 0 Å². The van der Waals surface area contributed by atoms with Crippen molar-refractivity contribution < 1.29 is 14.6 Å². The van der Waals surface area contributed by atoms with Crippen LogP contribution in [0.1, 0.15) is 34.1 Å². The predicted octanol–water partition coefficient (Wildman–Crippen LogP) is 2.81. The monoisotopic (exact) mass is 264 g/mol. The molecule has 0 heterocycles. The van der Waals surface area contributed by atoms with E-state index in [-0.39, 0.29) is 11.2 Å². The minimum Gasteiger partial charge on any atom is -0.385 e. The fourth-order valence-corrected chi connectivity index (χ4v) is 2.40. The van der Waals surface area contributed by atoms with E-state index < -0.39 is 11.7 Å². The van der Waals surface area contributed by atoms with E-state index in [1.54, 1.807) is 20.1 Å². The van der Waals surface area contributed by atoms with Crippen molar-refractivity contribution in [2.75, 3.05) is 7.11 Å². The maximum absolute atomic E-state index is 11.9. The Bertz CT molecular complexity index is 443. The van der Waals surface area contributed by atoms with Crippen molar-refractivity contribution in [2.45, 2.75) is 45.8 Å². The van der Waals surface area contributed by atoms with Gasteiger partial charge in [0.15, 0.2) is 5.78 Å². The van der Waals surface area contributed by atoms with Gasteiger partial charge in [-0.15, -0.1) is 0 Å². The van der Waals surface area contributed by atoms with Gasteiger partial charge in [-0.05, 0) is 42.9 Å². The molecule has 0 spiro atoms. The zero-order valence-corrected chi connectivity index (χ0v) is 12.5. The van der Waals surface area contributed by atoms with E-state index in [1.165, 1.54) is 0 Å². The van der Waals surface area contributed by atoms with Gasteiger partial charge < -0.3 is 9.84 Å². The van der Waals surface area contributed by atoms with Gasteiger partial charge in [0.1, 0.15) is 11.7 Å². The Balaban J connectivity index is 3.20. The molecule has 3 heteroatoms. The molecule has 0 aromatic heterocycles. The second-order valence-corrected chi connectivity index (χ2v) is 5.93. The summed E-state index contributed by atoms with van der Waals surface area (Å²) in [5.74, 6) is -0.184. The molecule has 1 aliphatic carbocycles. The lowest BCUT2D eigenvalue weighted by Crippen LogP contribution is -2.36. The Morgan fingerprint density at radius 3 is 2.58 bits per heavy atom. The number of carbonyl (C=O) groups excluding carboxylic acids is 1. The van der Waals surface area contributed by atoms with Crippen LogP contribution in [0.5, 0.6) is 0 Å². The second-order valence-electron chi connectivity index (χ2n) is 5.93. The molecule has 1 N–H and O–H groups in total. The number of allylic oxidation sites excluding steroid dienone is 2. The summed E-state index contributed by atoms with van der Waals surface area (Å²) in [6.07, 6.45) is 5.09. The fraction of sp³-hybridized carbons (Fsp3) is 0.562. The predicted molar refractivity (Wildman–Crippen MR) is 76.9 cm³/mol. The third-order valence-corrected chi connectivity index (χ3v) is 3.94. The van der Waals surface area contributed by atoms with Crippen molar-refractivity contribution >= 4 is 5.78 Å². The molecule has 0 aliphatic heterocycles. The molecule has 3 nitrogen and oxygen atoms in total. The first kappa shape index (κ1) is 15.9. The molecule has 0 saturated heterocycles. The quantitative estimate of drug-likeness (QED) is 0.794. The molecule has 2 atom stereocenters. The van der Waals surface area contributed by atoms with Crippen molar-refractivity contribution in [3.63, 3.8) is 0 Å². The number of carbonyl (C=O) groups is 1. The van der Waals surface area contributed by atoms with Gasteiger partial charge in [-0.2, -0.15) is 0 Å². The van der Waals surface area contributed by atoms with Crippen molar-refractivity contribution in [2.24, 2.45) is 5.41 Å². The highest BCUT2D eigenvalue weighted by molar-refractivity contribution is 6.00. The molecule has 0 aromatic carbocycles. The second kappa shape index (κ2) is 5.43. The Labute approximate surface area is 115 Å². The third-order valence-electron chi connectivity index (χ3n) is 3.94. The Morgan fingerprint density at radius 1 is 1.53 bits per heavy atom. The minimum absolute atomic E-state index is 0.184. The molecule has 1 rings (SSSR count). The van der Waals surface area contributed by atoms with E-state index in [1.807, 2.05) is 32.9 Å².